The second-order valence-corrected chi connectivity index (χ2v) is 8.87. The molecule has 0 saturated heterocycles. The summed E-state index contributed by atoms with van der Waals surface area (Å²) in [5.74, 6) is -0.227. The zero-order valence-corrected chi connectivity index (χ0v) is 18.6. The number of ether oxygens (including phenoxy) is 1. The maximum absolute atomic E-state index is 13.9. The van der Waals surface area contributed by atoms with Crippen molar-refractivity contribution in [1.29, 1.82) is 0 Å². The molecule has 1 amide bonds. The van der Waals surface area contributed by atoms with Gasteiger partial charge in [-0.05, 0) is 54.1 Å². The number of pyridine rings is 1. The Morgan fingerprint density at radius 3 is 2.50 bits per heavy atom. The molecule has 4 aromatic rings. The third kappa shape index (κ3) is 5.76. The number of sulfonamides is 1. The summed E-state index contributed by atoms with van der Waals surface area (Å²) in [5.41, 5.74) is 1.19. The van der Waals surface area contributed by atoms with Crippen molar-refractivity contribution < 1.29 is 22.3 Å². The van der Waals surface area contributed by atoms with Crippen LogP contribution in [-0.4, -0.2) is 19.3 Å². The van der Waals surface area contributed by atoms with E-state index in [0.29, 0.717) is 11.6 Å². The van der Waals surface area contributed by atoms with Crippen LogP contribution >= 0.6 is 0 Å². The molecule has 0 spiro atoms. The van der Waals surface area contributed by atoms with Crippen LogP contribution in [0.4, 0.5) is 10.1 Å². The summed E-state index contributed by atoms with van der Waals surface area (Å²) in [6.07, 6.45) is 1.63. The zero-order chi connectivity index (χ0) is 24.0. The van der Waals surface area contributed by atoms with Crippen molar-refractivity contribution in [3.05, 3.63) is 114 Å². The molecular formula is C25H20FN3O4S. The van der Waals surface area contributed by atoms with E-state index in [2.05, 4.69) is 15.0 Å². The third-order valence-corrected chi connectivity index (χ3v) is 6.13. The second kappa shape index (κ2) is 10.1. The van der Waals surface area contributed by atoms with E-state index in [0.717, 1.165) is 11.6 Å². The van der Waals surface area contributed by atoms with Gasteiger partial charge >= 0.3 is 0 Å². The molecule has 34 heavy (non-hydrogen) atoms. The van der Waals surface area contributed by atoms with E-state index >= 15 is 0 Å². The number of benzene rings is 3. The molecule has 1 aromatic heterocycles. The molecule has 172 valence electrons. The molecule has 0 radical (unpaired) electrons. The first kappa shape index (κ1) is 22.9. The predicted molar refractivity (Wildman–Crippen MR) is 126 cm³/mol. The van der Waals surface area contributed by atoms with Crippen LogP contribution < -0.4 is 14.8 Å². The summed E-state index contributed by atoms with van der Waals surface area (Å²) in [6, 6.07) is 23.6. The van der Waals surface area contributed by atoms with Crippen LogP contribution in [0.15, 0.2) is 102 Å². The lowest BCUT2D eigenvalue weighted by Crippen LogP contribution is -2.23. The summed E-state index contributed by atoms with van der Waals surface area (Å²) in [6.45, 7) is 0.226. The van der Waals surface area contributed by atoms with E-state index in [1.54, 1.807) is 42.6 Å². The number of amides is 1. The number of carbonyl (C=O) groups is 1. The lowest BCUT2D eigenvalue weighted by molar-refractivity contribution is 0.0951. The molecule has 0 aliphatic rings. The van der Waals surface area contributed by atoms with Gasteiger partial charge in [0.15, 0.2) is 0 Å². The van der Waals surface area contributed by atoms with Crippen molar-refractivity contribution in [2.24, 2.45) is 0 Å². The molecule has 0 fully saturated rings. The van der Waals surface area contributed by atoms with Crippen molar-refractivity contribution in [3.8, 4) is 11.6 Å². The maximum Gasteiger partial charge on any atom is 0.264 e. The fraction of sp³-hybridized carbons (Fsp3) is 0.0400. The fourth-order valence-electron chi connectivity index (χ4n) is 3.13. The van der Waals surface area contributed by atoms with Crippen LogP contribution in [0.1, 0.15) is 15.9 Å². The number of hydrogen-bond acceptors (Lipinski definition) is 5. The highest BCUT2D eigenvalue weighted by Crippen LogP contribution is 2.21. The molecule has 9 heteroatoms. The molecular weight excluding hydrogens is 457 g/mol. The molecule has 1 heterocycles. The van der Waals surface area contributed by atoms with E-state index in [9.17, 15) is 17.6 Å². The highest BCUT2D eigenvalue weighted by molar-refractivity contribution is 7.92. The number of aromatic nitrogens is 1. The number of nitrogens with zero attached hydrogens (tertiary/aromatic N) is 1. The van der Waals surface area contributed by atoms with E-state index < -0.39 is 26.6 Å². The fourth-order valence-corrected chi connectivity index (χ4v) is 4.26. The monoisotopic (exact) mass is 477 g/mol. The smallest absolute Gasteiger partial charge is 0.264 e. The number of rotatable bonds is 8. The Morgan fingerprint density at radius 1 is 0.912 bits per heavy atom. The van der Waals surface area contributed by atoms with Crippen LogP contribution in [-0.2, 0) is 16.6 Å². The molecule has 0 saturated carbocycles. The van der Waals surface area contributed by atoms with Crippen LogP contribution in [0, 0.1) is 5.82 Å². The highest BCUT2D eigenvalue weighted by Gasteiger charge is 2.19. The van der Waals surface area contributed by atoms with Crippen molar-refractivity contribution in [1.82, 2.24) is 10.3 Å². The minimum atomic E-state index is -4.15. The van der Waals surface area contributed by atoms with Gasteiger partial charge in [-0.1, -0.05) is 36.4 Å². The van der Waals surface area contributed by atoms with Crippen molar-refractivity contribution in [2.45, 2.75) is 11.4 Å². The Morgan fingerprint density at radius 2 is 1.71 bits per heavy atom. The molecule has 4 rings (SSSR count). The predicted octanol–water partition coefficient (Wildman–Crippen LogP) is 4.74. The lowest BCUT2D eigenvalue weighted by atomic mass is 10.1. The average Bonchev–Trinajstić information content (AvgIpc) is 2.83. The van der Waals surface area contributed by atoms with Crippen LogP contribution in [0.3, 0.4) is 0 Å². The van der Waals surface area contributed by atoms with Gasteiger partial charge in [0.25, 0.3) is 15.9 Å². The van der Waals surface area contributed by atoms with Gasteiger partial charge in [0.1, 0.15) is 16.5 Å². The molecule has 0 aliphatic carbocycles. The minimum absolute atomic E-state index is 0.140. The zero-order valence-electron chi connectivity index (χ0n) is 17.8. The van der Waals surface area contributed by atoms with Crippen molar-refractivity contribution in [3.63, 3.8) is 0 Å². The van der Waals surface area contributed by atoms with Gasteiger partial charge in [-0.15, -0.1) is 0 Å². The van der Waals surface area contributed by atoms with Crippen LogP contribution in [0.25, 0.3) is 0 Å². The quantitative estimate of drug-likeness (QED) is 0.382. The maximum atomic E-state index is 13.9. The number of halogens is 1. The van der Waals surface area contributed by atoms with Crippen molar-refractivity contribution in [2.75, 3.05) is 4.72 Å². The molecule has 3 aromatic carbocycles. The van der Waals surface area contributed by atoms with E-state index in [1.165, 1.54) is 36.4 Å². The number of anilines is 1. The Kier molecular flexibility index (Phi) is 6.84. The Labute approximate surface area is 196 Å². The summed E-state index contributed by atoms with van der Waals surface area (Å²) in [7, 11) is -4.15. The minimum Gasteiger partial charge on any atom is -0.439 e. The largest absolute Gasteiger partial charge is 0.439 e. The average molecular weight is 478 g/mol. The van der Waals surface area contributed by atoms with Gasteiger partial charge in [-0.3, -0.25) is 9.52 Å². The van der Waals surface area contributed by atoms with Crippen LogP contribution in [0.5, 0.6) is 11.6 Å². The Balaban J connectivity index is 1.41. The standard InChI is InChI=1S/C25H20FN3O4S/c26-22-11-1-2-12-23(22)34(31,32)29-20-9-6-8-19(16-20)25(30)28-17-18-7-5-10-21(15-18)33-24-13-3-4-14-27-24/h1-16,29H,17H2,(H,28,30). The van der Waals surface area contributed by atoms with Gasteiger partial charge in [-0.25, -0.2) is 17.8 Å². The normalized spacial score (nSPS) is 11.0. The first-order valence-corrected chi connectivity index (χ1v) is 11.7. The Hall–Kier alpha value is -4.24. The number of nitrogens with one attached hydrogen (secondary N) is 2. The first-order chi connectivity index (χ1) is 16.4. The molecule has 0 aliphatic heterocycles. The van der Waals surface area contributed by atoms with Gasteiger partial charge < -0.3 is 10.1 Å². The highest BCUT2D eigenvalue weighted by atomic mass is 32.2. The second-order valence-electron chi connectivity index (χ2n) is 7.22. The van der Waals surface area contributed by atoms with E-state index in [1.807, 2.05) is 12.1 Å². The van der Waals surface area contributed by atoms with E-state index in [-0.39, 0.29) is 17.8 Å². The number of hydrogen-bond donors (Lipinski definition) is 2. The third-order valence-electron chi connectivity index (χ3n) is 4.71. The van der Waals surface area contributed by atoms with Crippen LogP contribution in [0.2, 0.25) is 0 Å². The number of carbonyl (C=O) groups excluding carboxylic acids is 1. The Bertz CT molecular complexity index is 1410. The van der Waals surface area contributed by atoms with Crippen molar-refractivity contribution >= 4 is 21.6 Å². The summed E-state index contributed by atoms with van der Waals surface area (Å²) < 4.78 is 46.9. The molecule has 7 nitrogen and oxygen atoms in total. The van der Waals surface area contributed by atoms with Gasteiger partial charge in [0.2, 0.25) is 5.88 Å². The topological polar surface area (TPSA) is 97.4 Å². The SMILES string of the molecule is O=C(NCc1cccc(Oc2ccccn2)c1)c1cccc(NS(=O)(=O)c2ccccc2F)c1. The molecule has 0 atom stereocenters. The molecule has 0 bridgehead atoms. The van der Waals surface area contributed by atoms with Gasteiger partial charge in [-0.2, -0.15) is 0 Å². The molecule has 0 unspecified atom stereocenters. The summed E-state index contributed by atoms with van der Waals surface area (Å²) >= 11 is 0. The van der Waals surface area contributed by atoms with Gasteiger partial charge in [0.05, 0.1) is 0 Å². The summed E-state index contributed by atoms with van der Waals surface area (Å²) in [5, 5.41) is 2.79. The first-order valence-electron chi connectivity index (χ1n) is 10.2. The molecule has 2 N–H and O–H groups in total. The van der Waals surface area contributed by atoms with Gasteiger partial charge in [0, 0.05) is 30.1 Å². The summed E-state index contributed by atoms with van der Waals surface area (Å²) in [4.78, 5) is 16.3. The lowest BCUT2D eigenvalue weighted by Gasteiger charge is -2.11. The van der Waals surface area contributed by atoms with E-state index in [4.69, 9.17) is 4.74 Å².